The summed E-state index contributed by atoms with van der Waals surface area (Å²) in [7, 11) is 0. The molecule has 0 spiro atoms. The first-order valence-corrected chi connectivity index (χ1v) is 11.4. The highest BCUT2D eigenvalue weighted by atomic mass is 16.3. The number of Topliss-reactive ketones (excluding diaryl/α,β-unsaturated/α-hetero) is 2. The molecular formula is C24H42O5. The first kappa shape index (κ1) is 26.0. The number of carbonyl (C=O) groups is 2. The van der Waals surface area contributed by atoms with Crippen molar-refractivity contribution in [3.8, 4) is 0 Å². The van der Waals surface area contributed by atoms with Gasteiger partial charge in [-0.15, -0.1) is 0 Å². The van der Waals surface area contributed by atoms with Gasteiger partial charge in [-0.1, -0.05) is 51.7 Å². The lowest BCUT2D eigenvalue weighted by molar-refractivity contribution is -0.122. The summed E-state index contributed by atoms with van der Waals surface area (Å²) in [6.07, 6.45) is 13.6. The third-order valence-corrected chi connectivity index (χ3v) is 6.43. The summed E-state index contributed by atoms with van der Waals surface area (Å²) in [6.45, 7) is 3.97. The molecular weight excluding hydrogens is 368 g/mol. The maximum atomic E-state index is 12.3. The third-order valence-electron chi connectivity index (χ3n) is 6.43. The van der Waals surface area contributed by atoms with Crippen LogP contribution in [0, 0.1) is 17.3 Å². The largest absolute Gasteiger partial charge is 0.396 e. The summed E-state index contributed by atoms with van der Waals surface area (Å²) < 4.78 is 0. The average Bonchev–Trinajstić information content (AvgIpc) is 3.04. The molecule has 0 bridgehead atoms. The summed E-state index contributed by atoms with van der Waals surface area (Å²) in [5.41, 5.74) is -0.179. The Morgan fingerprint density at radius 1 is 1.14 bits per heavy atom. The van der Waals surface area contributed by atoms with E-state index < -0.39 is 6.10 Å². The van der Waals surface area contributed by atoms with Gasteiger partial charge in [0.2, 0.25) is 0 Å². The van der Waals surface area contributed by atoms with Gasteiger partial charge in [0.15, 0.2) is 5.78 Å². The van der Waals surface area contributed by atoms with Gasteiger partial charge in [0.05, 0.1) is 6.10 Å². The first-order chi connectivity index (χ1) is 13.8. The summed E-state index contributed by atoms with van der Waals surface area (Å²) in [5, 5.41) is 28.2. The topological polar surface area (TPSA) is 94.8 Å². The molecule has 3 atom stereocenters. The van der Waals surface area contributed by atoms with Gasteiger partial charge in [0.25, 0.3) is 0 Å². The van der Waals surface area contributed by atoms with E-state index in [1.165, 1.54) is 0 Å². The van der Waals surface area contributed by atoms with Crippen LogP contribution in [0.1, 0.15) is 90.9 Å². The van der Waals surface area contributed by atoms with Gasteiger partial charge in [0.1, 0.15) is 12.4 Å². The second-order valence-electron chi connectivity index (χ2n) is 9.27. The Morgan fingerprint density at radius 2 is 1.86 bits per heavy atom. The van der Waals surface area contributed by atoms with E-state index in [0.29, 0.717) is 25.0 Å². The van der Waals surface area contributed by atoms with Gasteiger partial charge in [-0.2, -0.15) is 0 Å². The van der Waals surface area contributed by atoms with Crippen molar-refractivity contribution in [2.45, 2.75) is 97.0 Å². The van der Waals surface area contributed by atoms with Crippen molar-refractivity contribution in [2.24, 2.45) is 17.3 Å². The highest BCUT2D eigenvalue weighted by Gasteiger charge is 2.32. The number of allylic oxidation sites excluding steroid dienone is 1. The minimum Gasteiger partial charge on any atom is -0.396 e. The van der Waals surface area contributed by atoms with Gasteiger partial charge in [0, 0.05) is 25.4 Å². The Bertz CT molecular complexity index is 511. The molecule has 1 unspecified atom stereocenters. The molecule has 0 aliphatic heterocycles. The fourth-order valence-corrected chi connectivity index (χ4v) is 4.22. The van der Waals surface area contributed by atoms with E-state index in [-0.39, 0.29) is 36.2 Å². The second kappa shape index (κ2) is 14.1. The van der Waals surface area contributed by atoms with Crippen LogP contribution >= 0.6 is 0 Å². The van der Waals surface area contributed by atoms with Gasteiger partial charge in [-0.3, -0.25) is 9.59 Å². The standard InChI is InChI=1S/C24H42O5/c1-24(2,16-7-8-17-25)23(29)13-9-10-19-14-15-22(28)21(19)12-6-4-3-5-11-20(27)18-26/h9-10,19,21,23,25-26,29H,3-8,11-18H2,1-2H3/t19-,21+,23?/m0/s1. The van der Waals surface area contributed by atoms with Crippen LogP contribution in [0.4, 0.5) is 0 Å². The molecule has 3 N–H and O–H groups in total. The number of aliphatic hydroxyl groups is 3. The highest BCUT2D eigenvalue weighted by molar-refractivity contribution is 5.83. The maximum absolute atomic E-state index is 12.3. The number of aliphatic hydroxyl groups excluding tert-OH is 3. The Labute approximate surface area is 176 Å². The second-order valence-corrected chi connectivity index (χ2v) is 9.27. The molecule has 1 saturated carbocycles. The van der Waals surface area contributed by atoms with Crippen molar-refractivity contribution in [1.29, 1.82) is 0 Å². The molecule has 29 heavy (non-hydrogen) atoms. The molecule has 0 radical (unpaired) electrons. The van der Waals surface area contributed by atoms with Crippen molar-refractivity contribution in [1.82, 2.24) is 0 Å². The summed E-state index contributed by atoms with van der Waals surface area (Å²) in [6, 6.07) is 0. The lowest BCUT2D eigenvalue weighted by atomic mass is 9.80. The van der Waals surface area contributed by atoms with E-state index in [0.717, 1.165) is 57.8 Å². The minimum absolute atomic E-state index is 0.0973. The summed E-state index contributed by atoms with van der Waals surface area (Å²) >= 11 is 0. The predicted molar refractivity (Wildman–Crippen MR) is 115 cm³/mol. The van der Waals surface area contributed by atoms with E-state index in [9.17, 15) is 14.7 Å². The lowest BCUT2D eigenvalue weighted by Crippen LogP contribution is -2.28. The number of hydrogen-bond acceptors (Lipinski definition) is 5. The fraction of sp³-hybridized carbons (Fsp3) is 0.833. The molecule has 1 fully saturated rings. The molecule has 0 heterocycles. The van der Waals surface area contributed by atoms with Crippen LogP contribution in [0.5, 0.6) is 0 Å². The Kier molecular flexibility index (Phi) is 12.6. The highest BCUT2D eigenvalue weighted by Crippen LogP contribution is 2.35. The van der Waals surface area contributed by atoms with Gasteiger partial charge < -0.3 is 15.3 Å². The number of ketones is 2. The van der Waals surface area contributed by atoms with E-state index in [2.05, 4.69) is 26.0 Å². The Balaban J connectivity index is 2.36. The van der Waals surface area contributed by atoms with Crippen molar-refractivity contribution < 1.29 is 24.9 Å². The number of hydrogen-bond donors (Lipinski definition) is 3. The molecule has 5 nitrogen and oxygen atoms in total. The van der Waals surface area contributed by atoms with Crippen molar-refractivity contribution in [2.75, 3.05) is 13.2 Å². The molecule has 168 valence electrons. The quantitative estimate of drug-likeness (QED) is 0.264. The van der Waals surface area contributed by atoms with E-state index >= 15 is 0 Å². The van der Waals surface area contributed by atoms with Crippen LogP contribution in [0.3, 0.4) is 0 Å². The van der Waals surface area contributed by atoms with Gasteiger partial charge in [-0.05, 0) is 49.9 Å². The first-order valence-electron chi connectivity index (χ1n) is 11.4. The monoisotopic (exact) mass is 410 g/mol. The molecule has 0 amide bonds. The Morgan fingerprint density at radius 3 is 2.55 bits per heavy atom. The smallest absolute Gasteiger partial charge is 0.158 e. The Hall–Kier alpha value is -1.04. The van der Waals surface area contributed by atoms with Crippen LogP contribution in [0.15, 0.2) is 12.2 Å². The van der Waals surface area contributed by atoms with E-state index in [1.807, 2.05) is 0 Å². The molecule has 0 saturated heterocycles. The third kappa shape index (κ3) is 10.0. The van der Waals surface area contributed by atoms with Crippen molar-refractivity contribution in [3.05, 3.63) is 12.2 Å². The number of rotatable bonds is 16. The lowest BCUT2D eigenvalue weighted by Gasteiger charge is -2.30. The zero-order valence-electron chi connectivity index (χ0n) is 18.4. The summed E-state index contributed by atoms with van der Waals surface area (Å²) in [4.78, 5) is 23.3. The van der Waals surface area contributed by atoms with Crippen LogP contribution in [-0.2, 0) is 9.59 Å². The van der Waals surface area contributed by atoms with Gasteiger partial charge in [-0.25, -0.2) is 0 Å². The zero-order chi connectivity index (χ0) is 21.7. The van der Waals surface area contributed by atoms with Crippen LogP contribution in [0.2, 0.25) is 0 Å². The molecule has 1 aliphatic carbocycles. The van der Waals surface area contributed by atoms with Crippen LogP contribution < -0.4 is 0 Å². The molecule has 1 rings (SSSR count). The van der Waals surface area contributed by atoms with Gasteiger partial charge >= 0.3 is 0 Å². The molecule has 0 aromatic rings. The molecule has 1 aliphatic rings. The van der Waals surface area contributed by atoms with E-state index in [1.54, 1.807) is 0 Å². The molecule has 0 aromatic heterocycles. The van der Waals surface area contributed by atoms with Crippen molar-refractivity contribution >= 4 is 11.6 Å². The SMILES string of the molecule is CC(C)(CCCCO)C(O)CC=C[C@H]1CCC(=O)[C@@H]1CCCCCCC(=O)CO. The zero-order valence-corrected chi connectivity index (χ0v) is 18.4. The molecule has 5 heteroatoms. The number of unbranched alkanes of at least 4 members (excludes halogenated alkanes) is 4. The number of carbonyl (C=O) groups excluding carboxylic acids is 2. The molecule has 0 aromatic carbocycles. The van der Waals surface area contributed by atoms with Crippen LogP contribution in [0.25, 0.3) is 0 Å². The van der Waals surface area contributed by atoms with Crippen molar-refractivity contribution in [3.63, 3.8) is 0 Å². The fourth-order valence-electron chi connectivity index (χ4n) is 4.22. The maximum Gasteiger partial charge on any atom is 0.158 e. The average molecular weight is 411 g/mol. The van der Waals surface area contributed by atoms with Crippen LogP contribution in [-0.4, -0.2) is 46.2 Å². The summed E-state index contributed by atoms with van der Waals surface area (Å²) in [5.74, 6) is 0.642. The predicted octanol–water partition coefficient (Wildman–Crippen LogP) is 3.98. The van der Waals surface area contributed by atoms with E-state index in [4.69, 9.17) is 10.2 Å². The normalized spacial score (nSPS) is 21.2. The minimum atomic E-state index is -0.422.